The van der Waals surface area contributed by atoms with Gasteiger partial charge in [-0.2, -0.15) is 0 Å². The molecule has 0 saturated carbocycles. The third kappa shape index (κ3) is 5.99. The molecule has 0 aliphatic carbocycles. The Morgan fingerprint density at radius 1 is 1.21 bits per heavy atom. The first kappa shape index (κ1) is 19.2. The third-order valence-electron chi connectivity index (χ3n) is 1.87. The number of nitrogens with one attached hydrogen (secondary N) is 1. The van der Waals surface area contributed by atoms with Crippen LogP contribution < -0.4 is 39.8 Å². The van der Waals surface area contributed by atoms with Gasteiger partial charge < -0.3 is 29.5 Å². The van der Waals surface area contributed by atoms with Crippen LogP contribution >= 0.6 is 15.2 Å². The molecule has 0 aromatic carbocycles. The molecule has 12 heteroatoms. The van der Waals surface area contributed by atoms with Crippen LogP contribution in [0.1, 0.15) is 11.4 Å². The molecule has 9 nitrogen and oxygen atoms in total. The molecule has 102 valence electrons. The van der Waals surface area contributed by atoms with Crippen LogP contribution in [0.3, 0.4) is 0 Å². The van der Waals surface area contributed by atoms with E-state index in [1.54, 1.807) is 19.9 Å². The molecule has 0 radical (unpaired) electrons. The second-order valence-corrected chi connectivity index (χ2v) is 7.39. The van der Waals surface area contributed by atoms with E-state index in [2.05, 4.69) is 9.97 Å². The summed E-state index contributed by atoms with van der Waals surface area (Å²) in [6.07, 6.45) is 0. The van der Waals surface area contributed by atoms with Crippen LogP contribution in [-0.2, 0) is 9.13 Å². The summed E-state index contributed by atoms with van der Waals surface area (Å²) in [5.41, 5.74) is -1.51. The van der Waals surface area contributed by atoms with Gasteiger partial charge in [-0.1, -0.05) is 0 Å². The molecule has 0 aliphatic heterocycles. The number of rotatable bonds is 4. The van der Waals surface area contributed by atoms with Crippen molar-refractivity contribution in [2.75, 3.05) is 5.32 Å². The van der Waals surface area contributed by atoms with E-state index < -0.39 is 20.7 Å². The van der Waals surface area contributed by atoms with E-state index in [1.807, 2.05) is 5.32 Å². The van der Waals surface area contributed by atoms with Crippen molar-refractivity contribution in [1.82, 2.24) is 9.97 Å². The monoisotopic (exact) mass is 319 g/mol. The van der Waals surface area contributed by atoms with Crippen molar-refractivity contribution in [3.8, 4) is 0 Å². The molecule has 4 N–H and O–H groups in total. The van der Waals surface area contributed by atoms with Gasteiger partial charge in [-0.15, -0.1) is 0 Å². The Balaban J connectivity index is 0.00000324. The van der Waals surface area contributed by atoms with Crippen molar-refractivity contribution in [1.29, 1.82) is 0 Å². The Hall–Kier alpha value is 0.180. The fourth-order valence-corrected chi connectivity index (χ4v) is 3.34. The Kier molecular flexibility index (Phi) is 6.82. The molecule has 1 heterocycles. The predicted octanol–water partition coefficient (Wildman–Crippen LogP) is -3.48. The smallest absolute Gasteiger partial charge is 0.777 e. The standard InChI is InChI=1S/C7H13N3O6P2.Na/c1-4-3-5(2)9-6(8-4)10-7(17(11,12)13)18(14,15)16;/h3,7H,1-2H3,(H,8,9,10)(H2,11,12,13)(H2,14,15,16);/q;+1/p-1. The van der Waals surface area contributed by atoms with Crippen LogP contribution in [0.4, 0.5) is 5.95 Å². The fraction of sp³-hybridized carbons (Fsp3) is 0.429. The maximum absolute atomic E-state index is 11.0. The van der Waals surface area contributed by atoms with Gasteiger partial charge in [0.25, 0.3) is 0 Å². The molecule has 0 spiro atoms. The van der Waals surface area contributed by atoms with Gasteiger partial charge in [-0.3, -0.25) is 4.57 Å². The molecule has 0 bridgehead atoms. The Morgan fingerprint density at radius 2 is 1.63 bits per heavy atom. The minimum Gasteiger partial charge on any atom is -0.777 e. The van der Waals surface area contributed by atoms with E-state index in [-0.39, 0.29) is 35.5 Å². The van der Waals surface area contributed by atoms with E-state index >= 15 is 0 Å². The summed E-state index contributed by atoms with van der Waals surface area (Å²) in [7, 11) is -10.4. The zero-order valence-electron chi connectivity index (χ0n) is 10.5. The topological polar surface area (TPSA) is 156 Å². The van der Waals surface area contributed by atoms with Gasteiger partial charge in [0, 0.05) is 11.4 Å². The van der Waals surface area contributed by atoms with Crippen LogP contribution in [0.5, 0.6) is 0 Å². The SMILES string of the molecule is Cc1cc(C)nc(NC(P(=O)([O-])O)P(=O)(O)O)n1.[Na+]. The number of nitrogens with zero attached hydrogens (tertiary/aromatic N) is 2. The van der Waals surface area contributed by atoms with Crippen LogP contribution in [0.15, 0.2) is 6.07 Å². The average molecular weight is 319 g/mol. The quantitative estimate of drug-likeness (QED) is 0.327. The molecule has 0 aliphatic rings. The van der Waals surface area contributed by atoms with Crippen molar-refractivity contribution in [3.05, 3.63) is 17.5 Å². The van der Waals surface area contributed by atoms with Crippen molar-refractivity contribution in [2.45, 2.75) is 19.4 Å². The molecule has 0 saturated heterocycles. The molecule has 2 unspecified atom stereocenters. The van der Waals surface area contributed by atoms with E-state index in [4.69, 9.17) is 14.7 Å². The van der Waals surface area contributed by atoms with Crippen molar-refractivity contribution in [3.63, 3.8) is 0 Å². The van der Waals surface area contributed by atoms with E-state index in [0.717, 1.165) is 0 Å². The second kappa shape index (κ2) is 6.76. The molecule has 0 fully saturated rings. The Bertz CT molecular complexity index is 501. The first-order valence-electron chi connectivity index (χ1n) is 4.67. The summed E-state index contributed by atoms with van der Waals surface area (Å²) in [4.78, 5) is 45.0. The van der Waals surface area contributed by atoms with Gasteiger partial charge in [0.2, 0.25) is 5.95 Å². The zero-order chi connectivity index (χ0) is 14.1. The third-order valence-corrected chi connectivity index (χ3v) is 5.16. The summed E-state index contributed by atoms with van der Waals surface area (Å²) in [5, 5.41) is 1.93. The number of hydrogen-bond donors (Lipinski definition) is 4. The molecular formula is C7H12N3NaO6P2. The summed E-state index contributed by atoms with van der Waals surface area (Å²) >= 11 is 0. The Morgan fingerprint density at radius 3 is 1.95 bits per heavy atom. The summed E-state index contributed by atoms with van der Waals surface area (Å²) in [5.74, 6) is -0.286. The van der Waals surface area contributed by atoms with Crippen molar-refractivity contribution in [2.24, 2.45) is 0 Å². The maximum Gasteiger partial charge on any atom is 1.00 e. The van der Waals surface area contributed by atoms with Crippen LogP contribution in [-0.4, -0.2) is 30.2 Å². The molecule has 0 amide bonds. The summed E-state index contributed by atoms with van der Waals surface area (Å²) < 4.78 is 21.9. The van der Waals surface area contributed by atoms with Crippen LogP contribution in [0, 0.1) is 13.8 Å². The normalized spacial score (nSPS) is 16.1. The second-order valence-electron chi connectivity index (χ2n) is 3.65. The number of aryl methyl sites for hydroxylation is 2. The number of aromatic nitrogens is 2. The largest absolute Gasteiger partial charge is 1.00 e. The molecule has 1 aromatic heterocycles. The molecule has 19 heavy (non-hydrogen) atoms. The molecule has 1 aromatic rings. The molecule has 2 atom stereocenters. The van der Waals surface area contributed by atoms with Crippen LogP contribution in [0.2, 0.25) is 0 Å². The summed E-state index contributed by atoms with van der Waals surface area (Å²) in [6, 6.07) is 1.59. The van der Waals surface area contributed by atoms with Gasteiger partial charge in [0.1, 0.15) is 0 Å². The van der Waals surface area contributed by atoms with Gasteiger partial charge >= 0.3 is 37.2 Å². The van der Waals surface area contributed by atoms with Gasteiger partial charge in [-0.25, -0.2) is 9.97 Å². The van der Waals surface area contributed by atoms with Gasteiger partial charge in [0.15, 0.2) is 13.1 Å². The first-order valence-corrected chi connectivity index (χ1v) is 8.00. The minimum atomic E-state index is -5.30. The van der Waals surface area contributed by atoms with Crippen molar-refractivity contribution >= 4 is 21.1 Å². The van der Waals surface area contributed by atoms with Crippen molar-refractivity contribution < 1.29 is 58.3 Å². The first-order chi connectivity index (χ1) is 8.00. The van der Waals surface area contributed by atoms with E-state index in [0.29, 0.717) is 11.4 Å². The van der Waals surface area contributed by atoms with Gasteiger partial charge in [-0.05, 0) is 19.9 Å². The molecule has 1 rings (SSSR count). The van der Waals surface area contributed by atoms with Crippen LogP contribution in [0.25, 0.3) is 0 Å². The maximum atomic E-state index is 11.0. The zero-order valence-corrected chi connectivity index (χ0v) is 14.3. The molecular weight excluding hydrogens is 307 g/mol. The Labute approximate surface area is 131 Å². The summed E-state index contributed by atoms with van der Waals surface area (Å²) in [6.45, 7) is 3.20. The average Bonchev–Trinajstić information content (AvgIpc) is 2.08. The number of hydrogen-bond acceptors (Lipinski definition) is 6. The fourth-order valence-electron chi connectivity index (χ4n) is 1.26. The van der Waals surface area contributed by atoms with E-state index in [1.165, 1.54) is 0 Å². The minimum absolute atomic E-state index is 0. The van der Waals surface area contributed by atoms with Gasteiger partial charge in [0.05, 0.1) is 0 Å². The predicted molar refractivity (Wildman–Crippen MR) is 60.8 cm³/mol. The number of anilines is 1. The van der Waals surface area contributed by atoms with E-state index in [9.17, 15) is 14.0 Å².